The van der Waals surface area contributed by atoms with Crippen molar-refractivity contribution in [2.45, 2.75) is 6.92 Å². The van der Waals surface area contributed by atoms with Crippen molar-refractivity contribution in [2.24, 2.45) is 0 Å². The van der Waals surface area contributed by atoms with E-state index in [0.29, 0.717) is 23.7 Å². The molecule has 89 valence electrons. The first kappa shape index (κ1) is 12.8. The van der Waals surface area contributed by atoms with Crippen LogP contribution in [0.2, 0.25) is 0 Å². The van der Waals surface area contributed by atoms with Gasteiger partial charge < -0.3 is 9.47 Å². The van der Waals surface area contributed by atoms with Crippen LogP contribution >= 0.6 is 0 Å². The fourth-order valence-electron chi connectivity index (χ4n) is 1.18. The van der Waals surface area contributed by atoms with Gasteiger partial charge in [-0.05, 0) is 13.0 Å². The molecular formula is C10H13O5S. The Morgan fingerprint density at radius 3 is 2.69 bits per heavy atom. The van der Waals surface area contributed by atoms with Crippen LogP contribution in [0.1, 0.15) is 12.5 Å². The number of thiol groups is 1. The van der Waals surface area contributed by atoms with Crippen LogP contribution < -0.4 is 9.47 Å². The molecule has 1 radical (unpaired) electrons. The van der Waals surface area contributed by atoms with Crippen molar-refractivity contribution in [3.63, 3.8) is 0 Å². The normalized spacial score (nSPS) is 10.4. The van der Waals surface area contributed by atoms with Crippen LogP contribution in [-0.2, 0) is 15.2 Å². The second-order valence-electron chi connectivity index (χ2n) is 2.76. The van der Waals surface area contributed by atoms with Gasteiger partial charge in [-0.3, -0.25) is 4.18 Å². The molecule has 0 fully saturated rings. The number of benzene rings is 1. The van der Waals surface area contributed by atoms with Gasteiger partial charge in [0.2, 0.25) is 0 Å². The molecule has 1 rings (SSSR count). The van der Waals surface area contributed by atoms with Crippen molar-refractivity contribution < 1.29 is 22.1 Å². The predicted molar refractivity (Wildman–Crippen MR) is 59.0 cm³/mol. The maximum Gasteiger partial charge on any atom is 0.257 e. The van der Waals surface area contributed by atoms with E-state index in [0.717, 1.165) is 6.61 Å². The molecule has 5 nitrogen and oxygen atoms in total. The average molecular weight is 245 g/mol. The minimum atomic E-state index is -2.91. The SMILES string of the molecule is CCOc1c([CH]O[SH](=O)=O)cccc1OC. The lowest BCUT2D eigenvalue weighted by Gasteiger charge is -2.12. The fourth-order valence-corrected chi connectivity index (χ4v) is 1.38. The number of methoxy groups -OCH3 is 1. The van der Waals surface area contributed by atoms with E-state index < -0.39 is 11.0 Å². The zero-order valence-electron chi connectivity index (χ0n) is 9.00. The summed E-state index contributed by atoms with van der Waals surface area (Å²) in [6, 6.07) is 5.11. The molecular weight excluding hydrogens is 232 g/mol. The molecule has 0 amide bonds. The van der Waals surface area contributed by atoms with Crippen molar-refractivity contribution in [2.75, 3.05) is 13.7 Å². The summed E-state index contributed by atoms with van der Waals surface area (Å²) in [5, 5.41) is 0. The van der Waals surface area contributed by atoms with Gasteiger partial charge in [0.25, 0.3) is 11.0 Å². The number of hydrogen-bond donors (Lipinski definition) is 1. The molecule has 0 heterocycles. The van der Waals surface area contributed by atoms with Crippen LogP contribution in [0, 0.1) is 6.61 Å². The fraction of sp³-hybridized carbons (Fsp3) is 0.300. The van der Waals surface area contributed by atoms with E-state index in [1.54, 1.807) is 18.2 Å². The molecule has 0 bridgehead atoms. The smallest absolute Gasteiger partial charge is 0.257 e. The third kappa shape index (κ3) is 3.39. The maximum atomic E-state index is 10.3. The Morgan fingerprint density at radius 1 is 1.38 bits per heavy atom. The summed E-state index contributed by atoms with van der Waals surface area (Å²) >= 11 is 0. The summed E-state index contributed by atoms with van der Waals surface area (Å²) in [7, 11) is -1.40. The summed E-state index contributed by atoms with van der Waals surface area (Å²) in [5.41, 5.74) is 0.514. The molecule has 1 aromatic rings. The number of para-hydroxylation sites is 1. The van der Waals surface area contributed by atoms with Gasteiger partial charge in [0.05, 0.1) is 13.7 Å². The van der Waals surface area contributed by atoms with E-state index >= 15 is 0 Å². The molecule has 0 atom stereocenters. The first-order chi connectivity index (χ1) is 7.69. The Balaban J connectivity index is 2.96. The van der Waals surface area contributed by atoms with Gasteiger partial charge in [-0.1, -0.05) is 12.1 Å². The standard InChI is InChI=1S/C10H13O5S/c1-3-14-10-8(7-15-16(11)12)5-4-6-9(10)13-2/h4-7,16H,3H2,1-2H3. The lowest BCUT2D eigenvalue weighted by atomic mass is 10.2. The highest BCUT2D eigenvalue weighted by molar-refractivity contribution is 7.67. The summed E-state index contributed by atoms with van der Waals surface area (Å²) < 4.78 is 35.5. The summed E-state index contributed by atoms with van der Waals surface area (Å²) in [6.07, 6.45) is 0. The average Bonchev–Trinajstić information content (AvgIpc) is 2.27. The van der Waals surface area contributed by atoms with E-state index in [1.807, 2.05) is 6.92 Å². The van der Waals surface area contributed by atoms with Gasteiger partial charge in [-0.25, -0.2) is 8.42 Å². The van der Waals surface area contributed by atoms with Crippen molar-refractivity contribution >= 4 is 11.0 Å². The van der Waals surface area contributed by atoms with Crippen LogP contribution in [-0.4, -0.2) is 22.1 Å². The van der Waals surface area contributed by atoms with Gasteiger partial charge in [0.1, 0.15) is 6.61 Å². The second-order valence-corrected chi connectivity index (χ2v) is 3.42. The first-order valence-corrected chi connectivity index (χ1v) is 5.72. The predicted octanol–water partition coefficient (Wildman–Crippen LogP) is 1.15. The summed E-state index contributed by atoms with van der Waals surface area (Å²) in [6.45, 7) is 3.38. The molecule has 0 saturated carbocycles. The molecule has 0 spiro atoms. The van der Waals surface area contributed by atoms with E-state index in [4.69, 9.17) is 9.47 Å². The minimum Gasteiger partial charge on any atom is -0.493 e. The van der Waals surface area contributed by atoms with Crippen molar-refractivity contribution in [1.29, 1.82) is 0 Å². The van der Waals surface area contributed by atoms with Gasteiger partial charge in [-0.2, -0.15) is 0 Å². The molecule has 0 aliphatic rings. The van der Waals surface area contributed by atoms with E-state index in [1.165, 1.54) is 7.11 Å². The maximum absolute atomic E-state index is 10.3. The van der Waals surface area contributed by atoms with Crippen molar-refractivity contribution in [3.8, 4) is 11.5 Å². The Morgan fingerprint density at radius 2 is 2.12 bits per heavy atom. The Kier molecular flexibility index (Phi) is 5.07. The third-order valence-electron chi connectivity index (χ3n) is 1.78. The minimum absolute atomic E-state index is 0.449. The van der Waals surface area contributed by atoms with Crippen LogP contribution in [0.3, 0.4) is 0 Å². The van der Waals surface area contributed by atoms with E-state index in [9.17, 15) is 8.42 Å². The molecule has 0 N–H and O–H groups in total. The highest BCUT2D eigenvalue weighted by Gasteiger charge is 2.10. The topological polar surface area (TPSA) is 61.8 Å². The molecule has 0 aliphatic heterocycles. The van der Waals surface area contributed by atoms with Crippen molar-refractivity contribution in [3.05, 3.63) is 30.4 Å². The summed E-state index contributed by atoms with van der Waals surface area (Å²) in [5.74, 6) is 0.990. The van der Waals surface area contributed by atoms with Crippen LogP contribution in [0.25, 0.3) is 0 Å². The summed E-state index contributed by atoms with van der Waals surface area (Å²) in [4.78, 5) is 0. The Hall–Kier alpha value is -1.27. The van der Waals surface area contributed by atoms with Crippen LogP contribution in [0.4, 0.5) is 0 Å². The zero-order valence-corrected chi connectivity index (χ0v) is 9.90. The third-order valence-corrected chi connectivity index (χ3v) is 2.06. The molecule has 0 aliphatic carbocycles. The monoisotopic (exact) mass is 245 g/mol. The van der Waals surface area contributed by atoms with Gasteiger partial charge in [0.15, 0.2) is 11.5 Å². The quantitative estimate of drug-likeness (QED) is 0.762. The number of rotatable bonds is 6. The van der Waals surface area contributed by atoms with E-state index in [2.05, 4.69) is 4.18 Å². The molecule has 0 unspecified atom stereocenters. The van der Waals surface area contributed by atoms with E-state index in [-0.39, 0.29) is 0 Å². The first-order valence-electron chi connectivity index (χ1n) is 4.63. The molecule has 16 heavy (non-hydrogen) atoms. The highest BCUT2D eigenvalue weighted by Crippen LogP contribution is 2.32. The Bertz CT molecular complexity index is 406. The Labute approximate surface area is 96.1 Å². The number of hydrogen-bond acceptors (Lipinski definition) is 5. The van der Waals surface area contributed by atoms with Gasteiger partial charge in [-0.15, -0.1) is 0 Å². The lowest BCUT2D eigenvalue weighted by Crippen LogP contribution is -2.00. The zero-order chi connectivity index (χ0) is 12.0. The largest absolute Gasteiger partial charge is 0.493 e. The van der Waals surface area contributed by atoms with Gasteiger partial charge >= 0.3 is 0 Å². The highest BCUT2D eigenvalue weighted by atomic mass is 32.2. The molecule has 6 heteroatoms. The number of ether oxygens (including phenoxy) is 2. The van der Waals surface area contributed by atoms with Gasteiger partial charge in [0, 0.05) is 5.56 Å². The molecule has 1 aromatic carbocycles. The van der Waals surface area contributed by atoms with Crippen LogP contribution in [0.5, 0.6) is 11.5 Å². The van der Waals surface area contributed by atoms with Crippen LogP contribution in [0.15, 0.2) is 18.2 Å². The van der Waals surface area contributed by atoms with Crippen molar-refractivity contribution in [1.82, 2.24) is 0 Å². The second kappa shape index (κ2) is 6.34. The molecule has 0 saturated heterocycles. The molecule has 0 aromatic heterocycles. The lowest BCUT2D eigenvalue weighted by molar-refractivity contribution is 0.305.